The second-order valence-corrected chi connectivity index (χ2v) is 8.26. The fourth-order valence-corrected chi connectivity index (χ4v) is 3.76. The number of benzene rings is 4. The summed E-state index contributed by atoms with van der Waals surface area (Å²) in [5, 5.41) is 0. The van der Waals surface area contributed by atoms with Gasteiger partial charge in [0.05, 0.1) is 6.61 Å². The summed E-state index contributed by atoms with van der Waals surface area (Å²) in [5.41, 5.74) is 2.55. The molecule has 0 aliphatic heterocycles. The van der Waals surface area contributed by atoms with Gasteiger partial charge in [0.15, 0.2) is 17.6 Å². The Morgan fingerprint density at radius 2 is 1.39 bits per heavy atom. The molecule has 0 N–H and O–H groups in total. The van der Waals surface area contributed by atoms with E-state index >= 15 is 0 Å². The zero-order chi connectivity index (χ0) is 26.6. The highest BCUT2D eigenvalue weighted by Crippen LogP contribution is 2.30. The first-order valence-electron chi connectivity index (χ1n) is 12.4. The summed E-state index contributed by atoms with van der Waals surface area (Å²) < 4.78 is 36.0. The molecule has 0 heterocycles. The molecule has 0 fully saturated rings. The molecule has 0 amide bonds. The SMILES string of the molecule is CCOc1cc(/C=C/C(=O)OC(c2ccccc2)c2ccccc2)ccc1OCCOc1ccc(F)cc1. The van der Waals surface area contributed by atoms with E-state index in [9.17, 15) is 9.18 Å². The van der Waals surface area contributed by atoms with Gasteiger partial charge in [-0.15, -0.1) is 0 Å². The Kier molecular flexibility index (Phi) is 9.51. The molecule has 0 aromatic heterocycles. The molecule has 6 heteroatoms. The summed E-state index contributed by atoms with van der Waals surface area (Å²) in [6.45, 7) is 2.90. The fraction of sp³-hybridized carbons (Fsp3) is 0.156. The molecule has 38 heavy (non-hydrogen) atoms. The van der Waals surface area contributed by atoms with Crippen LogP contribution in [-0.2, 0) is 9.53 Å². The molecule has 0 spiro atoms. The van der Waals surface area contributed by atoms with Gasteiger partial charge in [0.2, 0.25) is 0 Å². The maximum atomic E-state index is 13.0. The third-order valence-electron chi connectivity index (χ3n) is 5.54. The summed E-state index contributed by atoms with van der Waals surface area (Å²) in [5.74, 6) is 0.899. The molecule has 194 valence electrons. The normalized spacial score (nSPS) is 10.9. The largest absolute Gasteiger partial charge is 0.490 e. The molecule has 0 unspecified atom stereocenters. The molecule has 0 saturated carbocycles. The van der Waals surface area contributed by atoms with Gasteiger partial charge in [-0.05, 0) is 66.1 Å². The van der Waals surface area contributed by atoms with Crippen LogP contribution in [0.1, 0.15) is 29.7 Å². The van der Waals surface area contributed by atoms with Crippen LogP contribution in [0.25, 0.3) is 6.08 Å². The predicted octanol–water partition coefficient (Wildman–Crippen LogP) is 7.03. The Bertz CT molecular complexity index is 1280. The first-order valence-corrected chi connectivity index (χ1v) is 12.4. The van der Waals surface area contributed by atoms with Crippen LogP contribution < -0.4 is 14.2 Å². The van der Waals surface area contributed by atoms with Crippen molar-refractivity contribution in [1.82, 2.24) is 0 Å². The minimum Gasteiger partial charge on any atom is -0.490 e. The van der Waals surface area contributed by atoms with Crippen LogP contribution in [-0.4, -0.2) is 25.8 Å². The third-order valence-corrected chi connectivity index (χ3v) is 5.54. The number of ether oxygens (including phenoxy) is 4. The standard InChI is InChI=1S/C32H29FO5/c1-2-35-30-23-24(13-19-29(30)37-22-21-36-28-17-15-27(33)16-18-28)14-20-31(34)38-32(25-9-5-3-6-10-25)26-11-7-4-8-12-26/h3-20,23,32H,2,21-22H2,1H3/b20-14+. The minimum absolute atomic E-state index is 0.277. The Labute approximate surface area is 222 Å². The molecule has 0 aliphatic rings. The van der Waals surface area contributed by atoms with Crippen molar-refractivity contribution in [2.24, 2.45) is 0 Å². The van der Waals surface area contributed by atoms with E-state index in [0.717, 1.165) is 16.7 Å². The monoisotopic (exact) mass is 512 g/mol. The van der Waals surface area contributed by atoms with E-state index in [2.05, 4.69) is 0 Å². The molecule has 0 aliphatic carbocycles. The van der Waals surface area contributed by atoms with E-state index < -0.39 is 12.1 Å². The van der Waals surface area contributed by atoms with E-state index in [1.54, 1.807) is 30.3 Å². The number of halogens is 1. The number of esters is 1. The second-order valence-electron chi connectivity index (χ2n) is 8.26. The third kappa shape index (κ3) is 7.71. The average Bonchev–Trinajstić information content (AvgIpc) is 2.96. The van der Waals surface area contributed by atoms with Crippen LogP contribution in [0.4, 0.5) is 4.39 Å². The van der Waals surface area contributed by atoms with Crippen molar-refractivity contribution in [3.63, 3.8) is 0 Å². The molecular weight excluding hydrogens is 483 g/mol. The first-order chi connectivity index (χ1) is 18.6. The van der Waals surface area contributed by atoms with Crippen molar-refractivity contribution in [3.8, 4) is 17.2 Å². The second kappa shape index (κ2) is 13.7. The van der Waals surface area contributed by atoms with E-state index in [0.29, 0.717) is 23.9 Å². The maximum Gasteiger partial charge on any atom is 0.331 e. The summed E-state index contributed by atoms with van der Waals surface area (Å²) >= 11 is 0. The average molecular weight is 513 g/mol. The molecule has 4 rings (SSSR count). The first kappa shape index (κ1) is 26.5. The van der Waals surface area contributed by atoms with E-state index in [-0.39, 0.29) is 19.0 Å². The Morgan fingerprint density at radius 3 is 2.03 bits per heavy atom. The van der Waals surface area contributed by atoms with Gasteiger partial charge in [-0.3, -0.25) is 0 Å². The van der Waals surface area contributed by atoms with Crippen LogP contribution in [0.15, 0.2) is 109 Å². The summed E-state index contributed by atoms with van der Waals surface area (Å²) in [7, 11) is 0. The molecule has 4 aromatic rings. The van der Waals surface area contributed by atoms with Gasteiger partial charge in [-0.1, -0.05) is 66.7 Å². The zero-order valence-corrected chi connectivity index (χ0v) is 21.1. The lowest BCUT2D eigenvalue weighted by Crippen LogP contribution is -2.11. The predicted molar refractivity (Wildman–Crippen MR) is 145 cm³/mol. The van der Waals surface area contributed by atoms with Crippen LogP contribution in [0.2, 0.25) is 0 Å². The van der Waals surface area contributed by atoms with Crippen LogP contribution >= 0.6 is 0 Å². The van der Waals surface area contributed by atoms with Gasteiger partial charge in [0.1, 0.15) is 24.8 Å². The van der Waals surface area contributed by atoms with Crippen LogP contribution in [0.3, 0.4) is 0 Å². The smallest absolute Gasteiger partial charge is 0.331 e. The van der Waals surface area contributed by atoms with Crippen molar-refractivity contribution >= 4 is 12.0 Å². The van der Waals surface area contributed by atoms with Crippen molar-refractivity contribution < 1.29 is 28.1 Å². The highest BCUT2D eigenvalue weighted by molar-refractivity contribution is 5.87. The quantitative estimate of drug-likeness (QED) is 0.116. The zero-order valence-electron chi connectivity index (χ0n) is 21.1. The van der Waals surface area contributed by atoms with Crippen LogP contribution in [0, 0.1) is 5.82 Å². The topological polar surface area (TPSA) is 54.0 Å². The molecular formula is C32H29FO5. The van der Waals surface area contributed by atoms with Crippen LogP contribution in [0.5, 0.6) is 17.2 Å². The molecule has 4 aromatic carbocycles. The van der Waals surface area contributed by atoms with Gasteiger partial charge < -0.3 is 18.9 Å². The van der Waals surface area contributed by atoms with E-state index in [1.807, 2.05) is 73.7 Å². The number of rotatable bonds is 12. The number of carbonyl (C=O) groups excluding carboxylic acids is 1. The molecule has 0 atom stereocenters. The van der Waals surface area contributed by atoms with Crippen molar-refractivity contribution in [1.29, 1.82) is 0 Å². The minimum atomic E-state index is -0.513. The number of carbonyl (C=O) groups is 1. The lowest BCUT2D eigenvalue weighted by molar-refractivity contribution is -0.141. The summed E-state index contributed by atoms with van der Waals surface area (Å²) in [6, 6.07) is 30.5. The van der Waals surface area contributed by atoms with E-state index in [4.69, 9.17) is 18.9 Å². The molecule has 5 nitrogen and oxygen atoms in total. The lowest BCUT2D eigenvalue weighted by atomic mass is 10.0. The highest BCUT2D eigenvalue weighted by atomic mass is 19.1. The molecule has 0 bridgehead atoms. The van der Waals surface area contributed by atoms with Gasteiger partial charge in [-0.2, -0.15) is 0 Å². The van der Waals surface area contributed by atoms with Gasteiger partial charge in [0, 0.05) is 6.08 Å². The van der Waals surface area contributed by atoms with Gasteiger partial charge in [-0.25, -0.2) is 9.18 Å². The number of hydrogen-bond donors (Lipinski definition) is 0. The highest BCUT2D eigenvalue weighted by Gasteiger charge is 2.17. The van der Waals surface area contributed by atoms with Gasteiger partial charge in [0.25, 0.3) is 0 Å². The summed E-state index contributed by atoms with van der Waals surface area (Å²) in [6.07, 6.45) is 2.57. The summed E-state index contributed by atoms with van der Waals surface area (Å²) in [4.78, 5) is 12.8. The van der Waals surface area contributed by atoms with Gasteiger partial charge >= 0.3 is 5.97 Å². The van der Waals surface area contributed by atoms with Crippen molar-refractivity contribution in [2.75, 3.05) is 19.8 Å². The fourth-order valence-electron chi connectivity index (χ4n) is 3.76. The van der Waals surface area contributed by atoms with E-state index in [1.165, 1.54) is 18.2 Å². The van der Waals surface area contributed by atoms with Crippen molar-refractivity contribution in [3.05, 3.63) is 132 Å². The lowest BCUT2D eigenvalue weighted by Gasteiger charge is -2.18. The molecule has 0 saturated heterocycles. The Balaban J connectivity index is 1.38. The molecule has 0 radical (unpaired) electrons. The Hall–Kier alpha value is -4.58. The number of hydrogen-bond acceptors (Lipinski definition) is 5. The Morgan fingerprint density at radius 1 is 0.763 bits per heavy atom. The van der Waals surface area contributed by atoms with Crippen molar-refractivity contribution in [2.45, 2.75) is 13.0 Å². The maximum absolute atomic E-state index is 13.0.